The minimum atomic E-state index is 0.530. The summed E-state index contributed by atoms with van der Waals surface area (Å²) in [6.45, 7) is 5.35. The molecule has 1 heterocycles. The number of hydrogen-bond acceptors (Lipinski definition) is 2. The van der Waals surface area contributed by atoms with Gasteiger partial charge in [-0.05, 0) is 56.0 Å². The van der Waals surface area contributed by atoms with E-state index in [1.807, 2.05) is 12.4 Å². The zero-order chi connectivity index (χ0) is 14.2. The molecule has 0 aliphatic carbocycles. The van der Waals surface area contributed by atoms with Crippen molar-refractivity contribution in [3.8, 4) is 0 Å². The molecule has 0 fully saturated rings. The molecule has 2 nitrogen and oxygen atoms in total. The second-order valence-corrected chi connectivity index (χ2v) is 5.34. The summed E-state index contributed by atoms with van der Waals surface area (Å²) in [5.74, 6) is 0. The third-order valence-electron chi connectivity index (χ3n) is 3.59. The van der Waals surface area contributed by atoms with Gasteiger partial charge >= 0.3 is 0 Å². The fraction of sp³-hybridized carbons (Fsp3) is 0.389. The maximum absolute atomic E-state index is 4.08. The Morgan fingerprint density at radius 1 is 1.10 bits per heavy atom. The van der Waals surface area contributed by atoms with E-state index in [1.165, 1.54) is 23.1 Å². The van der Waals surface area contributed by atoms with E-state index in [0.29, 0.717) is 6.04 Å². The molecular formula is C18H24N2. The van der Waals surface area contributed by atoms with Crippen LogP contribution in [0.1, 0.15) is 30.0 Å². The molecule has 1 aromatic heterocycles. The van der Waals surface area contributed by atoms with Gasteiger partial charge in [0, 0.05) is 18.4 Å². The molecule has 2 aromatic rings. The number of aryl methyl sites for hydroxylation is 2. The highest BCUT2D eigenvalue weighted by molar-refractivity contribution is 5.22. The first kappa shape index (κ1) is 14.7. The average molecular weight is 268 g/mol. The van der Waals surface area contributed by atoms with E-state index in [9.17, 15) is 0 Å². The number of aromatic nitrogens is 1. The normalized spacial score (nSPS) is 12.3. The minimum Gasteiger partial charge on any atom is -0.314 e. The summed E-state index contributed by atoms with van der Waals surface area (Å²) in [6.07, 6.45) is 7.12. The first-order valence-corrected chi connectivity index (χ1v) is 7.45. The number of benzene rings is 1. The Morgan fingerprint density at radius 3 is 2.60 bits per heavy atom. The molecule has 0 amide bonds. The average Bonchev–Trinajstić information content (AvgIpc) is 2.46. The predicted octanol–water partition coefficient (Wildman–Crippen LogP) is 3.54. The maximum atomic E-state index is 4.08. The lowest BCUT2D eigenvalue weighted by Gasteiger charge is -2.18. The van der Waals surface area contributed by atoms with Crippen molar-refractivity contribution in [3.63, 3.8) is 0 Å². The molecule has 0 radical (unpaired) electrons. The molecule has 0 aliphatic heterocycles. The van der Waals surface area contributed by atoms with Gasteiger partial charge in [-0.15, -0.1) is 0 Å². The van der Waals surface area contributed by atoms with Crippen molar-refractivity contribution >= 4 is 0 Å². The molecule has 0 spiro atoms. The van der Waals surface area contributed by atoms with Gasteiger partial charge in [-0.1, -0.05) is 36.8 Å². The molecule has 1 unspecified atom stereocenters. The lowest BCUT2D eigenvalue weighted by atomic mass is 9.99. The first-order chi connectivity index (χ1) is 9.78. The van der Waals surface area contributed by atoms with Gasteiger partial charge in [0.05, 0.1) is 0 Å². The van der Waals surface area contributed by atoms with Crippen molar-refractivity contribution < 1.29 is 0 Å². The Bertz CT molecular complexity index is 508. The van der Waals surface area contributed by atoms with E-state index < -0.39 is 0 Å². The molecule has 20 heavy (non-hydrogen) atoms. The predicted molar refractivity (Wildman–Crippen MR) is 84.9 cm³/mol. The number of nitrogens with zero attached hydrogens (tertiary/aromatic N) is 1. The van der Waals surface area contributed by atoms with E-state index in [1.54, 1.807) is 0 Å². The summed E-state index contributed by atoms with van der Waals surface area (Å²) in [5, 5.41) is 3.60. The number of nitrogens with one attached hydrogen (secondary N) is 1. The number of hydrogen-bond donors (Lipinski definition) is 1. The zero-order valence-corrected chi connectivity index (χ0v) is 12.5. The quantitative estimate of drug-likeness (QED) is 0.830. The summed E-state index contributed by atoms with van der Waals surface area (Å²) in [6, 6.07) is 13.6. The lowest BCUT2D eigenvalue weighted by Crippen LogP contribution is -2.31. The van der Waals surface area contributed by atoms with E-state index in [0.717, 1.165) is 19.4 Å². The second-order valence-electron chi connectivity index (χ2n) is 5.34. The van der Waals surface area contributed by atoms with Crippen LogP contribution >= 0.6 is 0 Å². The number of pyridine rings is 1. The summed E-state index contributed by atoms with van der Waals surface area (Å²) >= 11 is 0. The smallest absolute Gasteiger partial charge is 0.0270 e. The Morgan fingerprint density at radius 2 is 1.90 bits per heavy atom. The third kappa shape index (κ3) is 4.78. The largest absolute Gasteiger partial charge is 0.314 e. The van der Waals surface area contributed by atoms with Gasteiger partial charge < -0.3 is 5.32 Å². The molecule has 0 saturated heterocycles. The van der Waals surface area contributed by atoms with Crippen LogP contribution in [-0.2, 0) is 12.8 Å². The zero-order valence-electron chi connectivity index (χ0n) is 12.5. The molecule has 1 aromatic carbocycles. The van der Waals surface area contributed by atoms with Gasteiger partial charge in [-0.2, -0.15) is 0 Å². The molecule has 1 N–H and O–H groups in total. The Labute approximate surface area is 122 Å². The number of rotatable bonds is 7. The number of likely N-dealkylation sites (N-methyl/N-ethyl adjacent to an activating group) is 1. The highest BCUT2D eigenvalue weighted by Gasteiger charge is 2.08. The molecule has 2 rings (SSSR count). The minimum absolute atomic E-state index is 0.530. The molecule has 0 saturated carbocycles. The molecule has 0 bridgehead atoms. The van der Waals surface area contributed by atoms with Crippen molar-refractivity contribution in [2.45, 2.75) is 39.2 Å². The van der Waals surface area contributed by atoms with Crippen molar-refractivity contribution in [3.05, 3.63) is 65.5 Å². The highest BCUT2D eigenvalue weighted by atomic mass is 14.9. The summed E-state index contributed by atoms with van der Waals surface area (Å²) in [4.78, 5) is 4.08. The SMILES string of the molecule is CCNC(CCc1cccc(C)c1)Cc1ccncc1. The van der Waals surface area contributed by atoms with Crippen LogP contribution in [0, 0.1) is 6.92 Å². The molecule has 1 atom stereocenters. The van der Waals surface area contributed by atoms with Gasteiger partial charge in [-0.25, -0.2) is 0 Å². The topological polar surface area (TPSA) is 24.9 Å². The second kappa shape index (κ2) is 7.81. The maximum Gasteiger partial charge on any atom is 0.0270 e. The lowest BCUT2D eigenvalue weighted by molar-refractivity contribution is 0.491. The fourth-order valence-corrected chi connectivity index (χ4v) is 2.58. The summed E-state index contributed by atoms with van der Waals surface area (Å²) in [7, 11) is 0. The monoisotopic (exact) mass is 268 g/mol. The van der Waals surface area contributed by atoms with Crippen LogP contribution in [-0.4, -0.2) is 17.6 Å². The fourth-order valence-electron chi connectivity index (χ4n) is 2.58. The Kier molecular flexibility index (Phi) is 5.75. The molecule has 2 heteroatoms. The van der Waals surface area contributed by atoms with Crippen LogP contribution in [0.25, 0.3) is 0 Å². The van der Waals surface area contributed by atoms with Gasteiger partial charge in [0.2, 0.25) is 0 Å². The summed E-state index contributed by atoms with van der Waals surface area (Å²) in [5.41, 5.74) is 4.13. The van der Waals surface area contributed by atoms with Gasteiger partial charge in [0.25, 0.3) is 0 Å². The van der Waals surface area contributed by atoms with Gasteiger partial charge in [0.15, 0.2) is 0 Å². The van der Waals surface area contributed by atoms with E-state index >= 15 is 0 Å². The van der Waals surface area contributed by atoms with Crippen LogP contribution in [0.15, 0.2) is 48.8 Å². The van der Waals surface area contributed by atoms with Crippen molar-refractivity contribution in [1.82, 2.24) is 10.3 Å². The Balaban J connectivity index is 1.92. The van der Waals surface area contributed by atoms with E-state index in [2.05, 4.69) is 60.5 Å². The Hall–Kier alpha value is -1.67. The van der Waals surface area contributed by atoms with Crippen LogP contribution in [0.2, 0.25) is 0 Å². The standard InChI is InChI=1S/C18H24N2/c1-3-20-18(14-17-9-11-19-12-10-17)8-7-16-6-4-5-15(2)13-16/h4-6,9-13,18,20H,3,7-8,14H2,1-2H3. The molecule has 106 valence electrons. The molecular weight excluding hydrogens is 244 g/mol. The van der Waals surface area contributed by atoms with Crippen molar-refractivity contribution in [1.29, 1.82) is 0 Å². The van der Waals surface area contributed by atoms with Crippen LogP contribution in [0.3, 0.4) is 0 Å². The third-order valence-corrected chi connectivity index (χ3v) is 3.59. The van der Waals surface area contributed by atoms with Gasteiger partial charge in [0.1, 0.15) is 0 Å². The van der Waals surface area contributed by atoms with E-state index in [-0.39, 0.29) is 0 Å². The highest BCUT2D eigenvalue weighted by Crippen LogP contribution is 2.11. The first-order valence-electron chi connectivity index (χ1n) is 7.45. The van der Waals surface area contributed by atoms with Crippen LogP contribution in [0.5, 0.6) is 0 Å². The van der Waals surface area contributed by atoms with Crippen molar-refractivity contribution in [2.75, 3.05) is 6.54 Å². The van der Waals surface area contributed by atoms with E-state index in [4.69, 9.17) is 0 Å². The van der Waals surface area contributed by atoms with Crippen LogP contribution in [0.4, 0.5) is 0 Å². The van der Waals surface area contributed by atoms with Crippen molar-refractivity contribution in [2.24, 2.45) is 0 Å². The molecule has 0 aliphatic rings. The van der Waals surface area contributed by atoms with Gasteiger partial charge in [-0.3, -0.25) is 4.98 Å². The van der Waals surface area contributed by atoms with Crippen LogP contribution < -0.4 is 5.32 Å². The summed E-state index contributed by atoms with van der Waals surface area (Å²) < 4.78 is 0.